The van der Waals surface area contributed by atoms with E-state index in [1.165, 1.54) is 11.1 Å². The maximum absolute atomic E-state index is 12.8. The first kappa shape index (κ1) is 19.6. The summed E-state index contributed by atoms with van der Waals surface area (Å²) in [4.78, 5) is 12.8. The van der Waals surface area contributed by atoms with E-state index in [9.17, 15) is 4.79 Å². The van der Waals surface area contributed by atoms with Gasteiger partial charge in [-0.1, -0.05) is 24.3 Å². The average molecular weight is 396 g/mol. The number of hydrogen-bond acceptors (Lipinski definition) is 5. The molecule has 0 radical (unpaired) electrons. The molecule has 2 saturated carbocycles. The minimum Gasteiger partial charge on any atom is -0.493 e. The lowest BCUT2D eigenvalue weighted by atomic mass is 9.81. The van der Waals surface area contributed by atoms with Crippen molar-refractivity contribution < 1.29 is 23.7 Å². The molecule has 154 valence electrons. The van der Waals surface area contributed by atoms with Gasteiger partial charge < -0.3 is 18.9 Å². The Kier molecular flexibility index (Phi) is 5.15. The number of methoxy groups -OCH3 is 3. The van der Waals surface area contributed by atoms with Crippen LogP contribution in [0.15, 0.2) is 42.0 Å². The van der Waals surface area contributed by atoms with Crippen LogP contribution in [0.4, 0.5) is 0 Å². The van der Waals surface area contributed by atoms with E-state index in [2.05, 4.69) is 13.2 Å². The molecule has 5 heteroatoms. The summed E-state index contributed by atoms with van der Waals surface area (Å²) in [5.74, 6) is 2.01. The van der Waals surface area contributed by atoms with Crippen molar-refractivity contribution >= 4 is 12.0 Å². The Labute approximate surface area is 172 Å². The number of esters is 1. The number of carbonyl (C=O) groups excluding carboxylic acids is 1. The number of benzene rings is 1. The largest absolute Gasteiger partial charge is 0.493 e. The van der Waals surface area contributed by atoms with Gasteiger partial charge in [0.25, 0.3) is 0 Å². The quantitative estimate of drug-likeness (QED) is 0.424. The first-order valence-corrected chi connectivity index (χ1v) is 10.1. The molecule has 1 aromatic rings. The first-order valence-electron chi connectivity index (χ1n) is 10.1. The van der Waals surface area contributed by atoms with Gasteiger partial charge in [0.2, 0.25) is 5.75 Å². The van der Waals surface area contributed by atoms with Crippen LogP contribution < -0.4 is 14.2 Å². The summed E-state index contributed by atoms with van der Waals surface area (Å²) >= 11 is 0. The maximum atomic E-state index is 12.8. The molecular weight excluding hydrogens is 368 g/mol. The molecule has 1 heterocycles. The number of ether oxygens (including phenoxy) is 4. The smallest absolute Gasteiger partial charge is 0.334 e. The molecule has 0 spiro atoms. The highest BCUT2D eigenvalue weighted by Gasteiger charge is 2.51. The molecule has 0 unspecified atom stereocenters. The zero-order chi connectivity index (χ0) is 20.7. The number of carbonyl (C=O) groups is 1. The average Bonchev–Trinajstić information content (AvgIpc) is 3.20. The minimum atomic E-state index is -0.236. The number of allylic oxidation sites excluding steroid dienone is 1. The third kappa shape index (κ3) is 3.22. The van der Waals surface area contributed by atoms with Crippen molar-refractivity contribution in [3.05, 3.63) is 47.6 Å². The van der Waals surface area contributed by atoms with Crippen LogP contribution in [0.2, 0.25) is 0 Å². The van der Waals surface area contributed by atoms with Crippen molar-refractivity contribution in [1.29, 1.82) is 0 Å². The topological polar surface area (TPSA) is 54.0 Å². The van der Waals surface area contributed by atoms with Crippen LogP contribution in [0.1, 0.15) is 31.2 Å². The predicted octanol–water partition coefficient (Wildman–Crippen LogP) is 4.57. The number of rotatable bonds is 4. The fourth-order valence-electron chi connectivity index (χ4n) is 5.19. The number of fused-ring (bicyclic) bond motifs is 3. The molecule has 29 heavy (non-hydrogen) atoms. The maximum Gasteiger partial charge on any atom is 0.334 e. The lowest BCUT2D eigenvalue weighted by Gasteiger charge is -2.26. The Bertz CT molecular complexity index is 872. The van der Waals surface area contributed by atoms with Crippen molar-refractivity contribution in [3.8, 4) is 17.2 Å². The van der Waals surface area contributed by atoms with Crippen LogP contribution >= 0.6 is 0 Å². The van der Waals surface area contributed by atoms with E-state index < -0.39 is 0 Å². The second kappa shape index (κ2) is 7.62. The lowest BCUT2D eigenvalue weighted by Crippen LogP contribution is -2.28. The van der Waals surface area contributed by atoms with E-state index in [0.717, 1.165) is 31.2 Å². The fourth-order valence-corrected chi connectivity index (χ4v) is 5.19. The van der Waals surface area contributed by atoms with Crippen molar-refractivity contribution in [2.45, 2.75) is 31.8 Å². The summed E-state index contributed by atoms with van der Waals surface area (Å²) < 4.78 is 22.2. The van der Waals surface area contributed by atoms with Gasteiger partial charge >= 0.3 is 5.97 Å². The van der Waals surface area contributed by atoms with Gasteiger partial charge in [-0.2, -0.15) is 0 Å². The molecule has 5 nitrogen and oxygen atoms in total. The van der Waals surface area contributed by atoms with Crippen LogP contribution in [0, 0.1) is 17.8 Å². The third-order valence-electron chi connectivity index (χ3n) is 6.62. The molecule has 0 amide bonds. The lowest BCUT2D eigenvalue weighted by molar-refractivity contribution is -0.140. The zero-order valence-electron chi connectivity index (χ0n) is 17.3. The van der Waals surface area contributed by atoms with Crippen molar-refractivity contribution in [3.63, 3.8) is 0 Å². The zero-order valence-corrected chi connectivity index (χ0v) is 17.3. The Balaban J connectivity index is 1.74. The summed E-state index contributed by atoms with van der Waals surface area (Å²) in [5, 5.41) is 0. The van der Waals surface area contributed by atoms with Gasteiger partial charge in [-0.15, -0.1) is 0 Å². The highest BCUT2D eigenvalue weighted by Crippen LogP contribution is 2.52. The highest BCUT2D eigenvalue weighted by atomic mass is 16.6. The van der Waals surface area contributed by atoms with E-state index in [-0.39, 0.29) is 23.9 Å². The summed E-state index contributed by atoms with van der Waals surface area (Å²) in [7, 11) is 4.73. The van der Waals surface area contributed by atoms with Crippen molar-refractivity contribution in [2.75, 3.05) is 21.3 Å². The fraction of sp³-hybridized carbons (Fsp3) is 0.458. The Morgan fingerprint density at radius 2 is 1.59 bits per heavy atom. The van der Waals surface area contributed by atoms with Gasteiger partial charge in [0.1, 0.15) is 6.10 Å². The second-order valence-corrected chi connectivity index (χ2v) is 8.06. The SMILES string of the molecule is C=C1CC[C@H]2C(=C)CC[C@H]3/C(=C\c4cc(OC)c(OC)c(OC)c4)C(=O)O[C@@H]3[C@@H]12. The normalized spacial score (nSPS) is 29.9. The van der Waals surface area contributed by atoms with Crippen LogP contribution in [0.25, 0.3) is 6.08 Å². The molecular formula is C24H28O5. The van der Waals surface area contributed by atoms with E-state index >= 15 is 0 Å². The van der Waals surface area contributed by atoms with Crippen LogP contribution in [0.3, 0.4) is 0 Å². The molecule has 3 aliphatic rings. The van der Waals surface area contributed by atoms with E-state index in [1.807, 2.05) is 18.2 Å². The van der Waals surface area contributed by atoms with Crippen LogP contribution in [-0.4, -0.2) is 33.4 Å². The minimum absolute atomic E-state index is 0.0446. The van der Waals surface area contributed by atoms with Gasteiger partial charge in [-0.3, -0.25) is 0 Å². The molecule has 0 aromatic heterocycles. The number of hydrogen-bond donors (Lipinski definition) is 0. The molecule has 4 rings (SSSR count). The van der Waals surface area contributed by atoms with Gasteiger partial charge in [0.05, 0.1) is 21.3 Å². The molecule has 4 atom stereocenters. The Morgan fingerprint density at radius 3 is 2.21 bits per heavy atom. The van der Waals surface area contributed by atoms with E-state index in [4.69, 9.17) is 18.9 Å². The third-order valence-corrected chi connectivity index (χ3v) is 6.62. The summed E-state index contributed by atoms with van der Waals surface area (Å²) in [6.45, 7) is 8.60. The van der Waals surface area contributed by atoms with Crippen LogP contribution in [0.5, 0.6) is 17.2 Å². The molecule has 0 N–H and O–H groups in total. The Hall–Kier alpha value is -2.69. The predicted molar refractivity (Wildman–Crippen MR) is 111 cm³/mol. The summed E-state index contributed by atoms with van der Waals surface area (Å²) in [5.41, 5.74) is 3.98. The highest BCUT2D eigenvalue weighted by molar-refractivity contribution is 5.96. The van der Waals surface area contributed by atoms with Crippen LogP contribution in [-0.2, 0) is 9.53 Å². The monoisotopic (exact) mass is 396 g/mol. The molecule has 1 aliphatic heterocycles. The molecule has 2 aliphatic carbocycles. The molecule has 3 fully saturated rings. The molecule has 1 saturated heterocycles. The van der Waals surface area contributed by atoms with E-state index in [1.54, 1.807) is 21.3 Å². The van der Waals surface area contributed by atoms with Crippen molar-refractivity contribution in [2.24, 2.45) is 17.8 Å². The van der Waals surface area contributed by atoms with E-state index in [0.29, 0.717) is 28.7 Å². The standard InChI is InChI=1S/C24H28O5/c1-13-6-9-17-18(24(25)29-22(17)21-14(2)7-8-16(13)21)10-15-11-19(26-3)23(28-5)20(12-15)27-4/h10-12,16-17,21-22H,1-2,6-9H2,3-5H3/b18-10+/t16-,17-,21-,22-/m0/s1. The van der Waals surface area contributed by atoms with Gasteiger partial charge in [0.15, 0.2) is 11.5 Å². The van der Waals surface area contributed by atoms with Crippen molar-refractivity contribution in [1.82, 2.24) is 0 Å². The molecule has 1 aromatic carbocycles. The first-order chi connectivity index (χ1) is 14.0. The molecule has 0 bridgehead atoms. The second-order valence-electron chi connectivity index (χ2n) is 8.06. The summed E-state index contributed by atoms with van der Waals surface area (Å²) in [6, 6.07) is 3.70. The van der Waals surface area contributed by atoms with Gasteiger partial charge in [-0.25, -0.2) is 4.79 Å². The Morgan fingerprint density at radius 1 is 0.966 bits per heavy atom. The van der Waals surface area contributed by atoms with Gasteiger partial charge in [0, 0.05) is 17.4 Å². The van der Waals surface area contributed by atoms with Gasteiger partial charge in [-0.05, 0) is 55.4 Å². The summed E-state index contributed by atoms with van der Waals surface area (Å²) in [6.07, 6.45) is 5.59.